The molecule has 3 amide bonds. The second-order valence-electron chi connectivity index (χ2n) is 7.48. The highest BCUT2D eigenvalue weighted by molar-refractivity contribution is 5.94. The van der Waals surface area contributed by atoms with Crippen molar-refractivity contribution in [3.8, 4) is 0 Å². The van der Waals surface area contributed by atoms with Crippen molar-refractivity contribution in [2.24, 2.45) is 28.1 Å². The van der Waals surface area contributed by atoms with Crippen LogP contribution >= 0.6 is 0 Å². The number of guanidine groups is 1. The largest absolute Gasteiger partial charge is 0.481 e. The quantitative estimate of drug-likeness (QED) is 0.0661. The fraction of sp³-hybridized carbons (Fsp3) is 0.684. The van der Waals surface area contributed by atoms with Gasteiger partial charge in [0.15, 0.2) is 5.96 Å². The summed E-state index contributed by atoms with van der Waals surface area (Å²) in [5.41, 5.74) is 15.7. The van der Waals surface area contributed by atoms with Gasteiger partial charge in [0.2, 0.25) is 17.7 Å². The highest BCUT2D eigenvalue weighted by Gasteiger charge is 2.32. The minimum absolute atomic E-state index is 0.0484. The van der Waals surface area contributed by atoms with Gasteiger partial charge in [0.05, 0.1) is 6.54 Å². The van der Waals surface area contributed by atoms with Crippen LogP contribution in [0.4, 0.5) is 0 Å². The van der Waals surface area contributed by atoms with Crippen LogP contribution in [0.25, 0.3) is 0 Å². The SMILES string of the molecule is CCC(C)C(NC(=O)C(CCC(=O)O)NC(=O)CN)C(=O)NC(CCCN=C(N)N)C(=O)O. The first kappa shape index (κ1) is 29.6. The predicted molar refractivity (Wildman–Crippen MR) is 119 cm³/mol. The van der Waals surface area contributed by atoms with Crippen LogP contribution in [-0.2, 0) is 24.0 Å². The van der Waals surface area contributed by atoms with Crippen LogP contribution < -0.4 is 33.2 Å². The predicted octanol–water partition coefficient (Wildman–Crippen LogP) is -2.55. The molecule has 0 aliphatic rings. The zero-order valence-electron chi connectivity index (χ0n) is 18.9. The Labute approximate surface area is 191 Å². The number of hydrogen-bond donors (Lipinski definition) is 8. The molecule has 0 aromatic rings. The number of carboxylic acid groups (broad SMARTS) is 2. The maximum Gasteiger partial charge on any atom is 0.326 e. The van der Waals surface area contributed by atoms with E-state index >= 15 is 0 Å². The van der Waals surface area contributed by atoms with E-state index in [9.17, 15) is 29.1 Å². The number of amides is 3. The Kier molecular flexibility index (Phi) is 13.8. The lowest BCUT2D eigenvalue weighted by atomic mass is 9.97. The Balaban J connectivity index is 5.39. The first-order chi connectivity index (χ1) is 15.4. The number of carbonyl (C=O) groups excluding carboxylic acids is 3. The lowest BCUT2D eigenvalue weighted by Gasteiger charge is -2.27. The first-order valence-electron chi connectivity index (χ1n) is 10.5. The number of aliphatic carboxylic acids is 2. The van der Waals surface area contributed by atoms with Crippen molar-refractivity contribution in [1.82, 2.24) is 16.0 Å². The van der Waals surface area contributed by atoms with Crippen molar-refractivity contribution >= 4 is 35.6 Å². The Morgan fingerprint density at radius 1 is 0.939 bits per heavy atom. The molecule has 0 heterocycles. The van der Waals surface area contributed by atoms with Gasteiger partial charge in [0.25, 0.3) is 0 Å². The molecule has 0 rings (SSSR count). The number of hydrogen-bond acceptors (Lipinski definition) is 7. The summed E-state index contributed by atoms with van der Waals surface area (Å²) in [4.78, 5) is 63.4. The standard InChI is InChI=1S/C19H35N7O7/c1-3-10(2)15(17(31)25-12(18(32)33)5-4-8-23-19(21)22)26-16(30)11(6-7-14(28)29)24-13(27)9-20/h10-12,15H,3-9,20H2,1-2H3,(H,24,27)(H,25,31)(H,26,30)(H,28,29)(H,32,33)(H4,21,22,23). The number of nitrogens with two attached hydrogens (primary N) is 3. The summed E-state index contributed by atoms with van der Waals surface area (Å²) in [6, 6.07) is -3.59. The van der Waals surface area contributed by atoms with Gasteiger partial charge in [-0.1, -0.05) is 20.3 Å². The molecule has 0 fully saturated rings. The van der Waals surface area contributed by atoms with Crippen LogP contribution in [0.5, 0.6) is 0 Å². The van der Waals surface area contributed by atoms with Gasteiger partial charge in [0, 0.05) is 13.0 Å². The van der Waals surface area contributed by atoms with Crippen molar-refractivity contribution in [3.05, 3.63) is 0 Å². The molecule has 0 bridgehead atoms. The second-order valence-corrected chi connectivity index (χ2v) is 7.48. The Hall–Kier alpha value is -3.42. The lowest BCUT2D eigenvalue weighted by molar-refractivity contribution is -0.142. The van der Waals surface area contributed by atoms with Gasteiger partial charge >= 0.3 is 11.9 Å². The molecular weight excluding hydrogens is 438 g/mol. The average molecular weight is 474 g/mol. The van der Waals surface area contributed by atoms with Gasteiger partial charge in [-0.3, -0.25) is 24.2 Å². The van der Waals surface area contributed by atoms with E-state index in [2.05, 4.69) is 20.9 Å². The third-order valence-electron chi connectivity index (χ3n) is 4.84. The Morgan fingerprint density at radius 3 is 2.06 bits per heavy atom. The molecule has 14 heteroatoms. The van der Waals surface area contributed by atoms with E-state index in [0.29, 0.717) is 6.42 Å². The van der Waals surface area contributed by atoms with E-state index in [4.69, 9.17) is 22.3 Å². The van der Waals surface area contributed by atoms with Gasteiger partial charge in [-0.15, -0.1) is 0 Å². The summed E-state index contributed by atoms with van der Waals surface area (Å²) in [6.45, 7) is 3.23. The van der Waals surface area contributed by atoms with Crippen LogP contribution in [0, 0.1) is 5.92 Å². The monoisotopic (exact) mass is 473 g/mol. The summed E-state index contributed by atoms with van der Waals surface area (Å²) >= 11 is 0. The van der Waals surface area contributed by atoms with Gasteiger partial charge in [-0.05, 0) is 25.2 Å². The molecule has 14 nitrogen and oxygen atoms in total. The summed E-state index contributed by atoms with van der Waals surface area (Å²) in [7, 11) is 0. The molecule has 33 heavy (non-hydrogen) atoms. The molecule has 0 saturated heterocycles. The molecule has 0 aromatic carbocycles. The fourth-order valence-electron chi connectivity index (χ4n) is 2.77. The number of aliphatic imine (C=N–C) groups is 1. The Bertz CT molecular complexity index is 725. The lowest BCUT2D eigenvalue weighted by Crippen LogP contribution is -2.58. The number of carboxylic acids is 2. The summed E-state index contributed by atoms with van der Waals surface area (Å²) in [5.74, 6) is -5.14. The topological polar surface area (TPSA) is 252 Å². The van der Waals surface area contributed by atoms with Gasteiger partial charge < -0.3 is 43.4 Å². The minimum Gasteiger partial charge on any atom is -0.481 e. The van der Waals surface area contributed by atoms with Gasteiger partial charge in [-0.25, -0.2) is 4.79 Å². The molecule has 0 aliphatic heterocycles. The van der Waals surface area contributed by atoms with E-state index in [0.717, 1.165) is 0 Å². The molecule has 4 unspecified atom stereocenters. The van der Waals surface area contributed by atoms with Crippen LogP contribution in [0.2, 0.25) is 0 Å². The second kappa shape index (κ2) is 15.4. The van der Waals surface area contributed by atoms with Crippen LogP contribution in [0.15, 0.2) is 4.99 Å². The van der Waals surface area contributed by atoms with Crippen LogP contribution in [0.3, 0.4) is 0 Å². The van der Waals surface area contributed by atoms with E-state index in [1.807, 2.05) is 0 Å². The number of nitrogens with zero attached hydrogens (tertiary/aromatic N) is 1. The maximum atomic E-state index is 12.8. The molecule has 11 N–H and O–H groups in total. The van der Waals surface area contributed by atoms with Crippen molar-refractivity contribution in [1.29, 1.82) is 0 Å². The minimum atomic E-state index is -1.27. The molecular formula is C19H35N7O7. The zero-order valence-corrected chi connectivity index (χ0v) is 18.9. The summed E-state index contributed by atoms with van der Waals surface area (Å²) in [6.07, 6.45) is 0.185. The van der Waals surface area contributed by atoms with Crippen LogP contribution in [-0.4, -0.2) is 77.0 Å². The van der Waals surface area contributed by atoms with Crippen molar-refractivity contribution < 1.29 is 34.2 Å². The summed E-state index contributed by atoms with van der Waals surface area (Å²) in [5, 5.41) is 25.5. The molecule has 4 atom stereocenters. The van der Waals surface area contributed by atoms with Crippen LogP contribution in [0.1, 0.15) is 46.0 Å². The molecule has 0 aliphatic carbocycles. The van der Waals surface area contributed by atoms with E-state index < -0.39 is 66.7 Å². The zero-order chi connectivity index (χ0) is 25.6. The van der Waals surface area contributed by atoms with Crippen molar-refractivity contribution in [2.45, 2.75) is 64.1 Å². The average Bonchev–Trinajstić information content (AvgIpc) is 2.75. The number of rotatable bonds is 16. The highest BCUT2D eigenvalue weighted by Crippen LogP contribution is 2.11. The smallest absolute Gasteiger partial charge is 0.326 e. The normalized spacial score (nSPS) is 14.2. The molecule has 0 spiro atoms. The Morgan fingerprint density at radius 2 is 1.58 bits per heavy atom. The van der Waals surface area contributed by atoms with E-state index in [1.54, 1.807) is 13.8 Å². The first-order valence-corrected chi connectivity index (χ1v) is 10.5. The van der Waals surface area contributed by atoms with Crippen molar-refractivity contribution in [3.63, 3.8) is 0 Å². The van der Waals surface area contributed by atoms with Gasteiger partial charge in [0.1, 0.15) is 18.1 Å². The maximum absolute atomic E-state index is 12.8. The molecule has 0 saturated carbocycles. The van der Waals surface area contributed by atoms with Crippen molar-refractivity contribution in [2.75, 3.05) is 13.1 Å². The fourth-order valence-corrected chi connectivity index (χ4v) is 2.77. The van der Waals surface area contributed by atoms with E-state index in [1.165, 1.54) is 0 Å². The number of nitrogens with one attached hydrogen (secondary N) is 3. The highest BCUT2D eigenvalue weighted by atomic mass is 16.4. The third-order valence-corrected chi connectivity index (χ3v) is 4.84. The van der Waals surface area contributed by atoms with E-state index in [-0.39, 0.29) is 31.8 Å². The molecule has 0 aromatic heterocycles. The number of carbonyl (C=O) groups is 5. The van der Waals surface area contributed by atoms with Gasteiger partial charge in [-0.2, -0.15) is 0 Å². The molecule has 188 valence electrons. The third kappa shape index (κ3) is 12.3. The molecule has 0 radical (unpaired) electrons. The summed E-state index contributed by atoms with van der Waals surface area (Å²) < 4.78 is 0.